The van der Waals surface area contributed by atoms with Crippen LogP contribution in [0.2, 0.25) is 0 Å². The van der Waals surface area contributed by atoms with E-state index in [-0.39, 0.29) is 11.8 Å². The quantitative estimate of drug-likeness (QED) is 0.840. The third-order valence-corrected chi connectivity index (χ3v) is 5.43. The zero-order chi connectivity index (χ0) is 18.5. The van der Waals surface area contributed by atoms with Crippen LogP contribution < -0.4 is 5.32 Å². The second kappa shape index (κ2) is 8.40. The molecule has 6 nitrogen and oxygen atoms in total. The number of thioether (sulfide) groups is 1. The van der Waals surface area contributed by atoms with E-state index < -0.39 is 0 Å². The lowest BCUT2D eigenvalue weighted by Crippen LogP contribution is -2.27. The monoisotopic (exact) mass is 373 g/mol. The van der Waals surface area contributed by atoms with Crippen molar-refractivity contribution in [1.82, 2.24) is 10.1 Å². The molecule has 0 spiro atoms. The molecule has 0 bridgehead atoms. The Morgan fingerprint density at radius 3 is 2.50 bits per heavy atom. The molecule has 0 aliphatic carbocycles. The van der Waals surface area contributed by atoms with Crippen LogP contribution in [-0.4, -0.2) is 40.7 Å². The van der Waals surface area contributed by atoms with Gasteiger partial charge < -0.3 is 14.7 Å². The van der Waals surface area contributed by atoms with E-state index in [1.807, 2.05) is 18.7 Å². The van der Waals surface area contributed by atoms with E-state index in [1.165, 1.54) is 11.8 Å². The predicted octanol–water partition coefficient (Wildman–Crippen LogP) is 3.40. The minimum absolute atomic E-state index is 0.0652. The van der Waals surface area contributed by atoms with Crippen LogP contribution >= 0.6 is 11.8 Å². The van der Waals surface area contributed by atoms with Gasteiger partial charge in [0.25, 0.3) is 5.91 Å². The van der Waals surface area contributed by atoms with E-state index in [0.29, 0.717) is 22.8 Å². The molecule has 1 fully saturated rings. The van der Waals surface area contributed by atoms with Crippen molar-refractivity contribution in [2.75, 3.05) is 24.2 Å². The van der Waals surface area contributed by atoms with Crippen molar-refractivity contribution in [3.63, 3.8) is 0 Å². The number of likely N-dealkylation sites (tertiary alicyclic amines) is 1. The first-order valence-corrected chi connectivity index (χ1v) is 9.89. The summed E-state index contributed by atoms with van der Waals surface area (Å²) in [6.07, 6.45) is 2.15. The van der Waals surface area contributed by atoms with Crippen LogP contribution in [0.25, 0.3) is 0 Å². The van der Waals surface area contributed by atoms with Gasteiger partial charge in [-0.3, -0.25) is 9.59 Å². The van der Waals surface area contributed by atoms with Gasteiger partial charge in [0.05, 0.1) is 11.4 Å². The fourth-order valence-electron chi connectivity index (χ4n) is 2.95. The summed E-state index contributed by atoms with van der Waals surface area (Å²) < 4.78 is 5.12. The lowest BCUT2D eigenvalue weighted by molar-refractivity contribution is -0.113. The zero-order valence-electron chi connectivity index (χ0n) is 15.1. The van der Waals surface area contributed by atoms with Crippen molar-refractivity contribution in [1.29, 1.82) is 0 Å². The van der Waals surface area contributed by atoms with Gasteiger partial charge in [-0.1, -0.05) is 5.16 Å². The number of amides is 2. The van der Waals surface area contributed by atoms with Gasteiger partial charge in [0, 0.05) is 35.7 Å². The molecule has 1 aliphatic rings. The van der Waals surface area contributed by atoms with Crippen molar-refractivity contribution >= 4 is 29.3 Å². The highest BCUT2D eigenvalue weighted by atomic mass is 32.2. The molecule has 2 heterocycles. The smallest absolute Gasteiger partial charge is 0.253 e. The largest absolute Gasteiger partial charge is 0.361 e. The molecule has 3 rings (SSSR count). The summed E-state index contributed by atoms with van der Waals surface area (Å²) in [5, 5.41) is 6.78. The number of nitrogens with zero attached hydrogens (tertiary/aromatic N) is 2. The van der Waals surface area contributed by atoms with Crippen molar-refractivity contribution < 1.29 is 14.1 Å². The van der Waals surface area contributed by atoms with Gasteiger partial charge in [-0.2, -0.15) is 0 Å². The highest BCUT2D eigenvalue weighted by molar-refractivity contribution is 7.99. The Kier molecular flexibility index (Phi) is 5.98. The number of anilines is 1. The normalized spacial score (nSPS) is 13.8. The van der Waals surface area contributed by atoms with Crippen molar-refractivity contribution in [3.05, 3.63) is 46.8 Å². The van der Waals surface area contributed by atoms with Gasteiger partial charge in [0.15, 0.2) is 0 Å². The Hall–Kier alpha value is -2.28. The minimum Gasteiger partial charge on any atom is -0.361 e. The molecule has 0 saturated carbocycles. The topological polar surface area (TPSA) is 75.4 Å². The fourth-order valence-corrected chi connectivity index (χ4v) is 3.93. The van der Waals surface area contributed by atoms with Crippen LogP contribution in [0.5, 0.6) is 0 Å². The molecule has 1 aromatic heterocycles. The van der Waals surface area contributed by atoms with Gasteiger partial charge in [0.2, 0.25) is 5.91 Å². The van der Waals surface area contributed by atoms with Gasteiger partial charge >= 0.3 is 0 Å². The van der Waals surface area contributed by atoms with E-state index in [9.17, 15) is 9.59 Å². The van der Waals surface area contributed by atoms with Crippen LogP contribution in [0.3, 0.4) is 0 Å². The molecule has 138 valence electrons. The van der Waals surface area contributed by atoms with Crippen LogP contribution in [0.15, 0.2) is 28.8 Å². The molecule has 0 atom stereocenters. The number of hydrogen-bond acceptors (Lipinski definition) is 5. The number of hydrogen-bond donors (Lipinski definition) is 1. The summed E-state index contributed by atoms with van der Waals surface area (Å²) in [7, 11) is 0. The van der Waals surface area contributed by atoms with Crippen molar-refractivity contribution in [2.45, 2.75) is 32.4 Å². The maximum Gasteiger partial charge on any atom is 0.253 e. The second-order valence-corrected chi connectivity index (χ2v) is 7.41. The molecule has 2 aromatic rings. The van der Waals surface area contributed by atoms with Crippen molar-refractivity contribution in [3.8, 4) is 0 Å². The van der Waals surface area contributed by atoms with E-state index in [0.717, 1.165) is 42.9 Å². The van der Waals surface area contributed by atoms with Crippen LogP contribution in [-0.2, 0) is 10.5 Å². The number of carbonyl (C=O) groups is 2. The molecule has 1 saturated heterocycles. The Balaban J connectivity index is 1.47. The molecular weight excluding hydrogens is 350 g/mol. The molecule has 26 heavy (non-hydrogen) atoms. The fraction of sp³-hybridized carbons (Fsp3) is 0.421. The van der Waals surface area contributed by atoms with Crippen LogP contribution in [0.4, 0.5) is 5.69 Å². The average molecular weight is 373 g/mol. The predicted molar refractivity (Wildman–Crippen MR) is 102 cm³/mol. The molecule has 0 unspecified atom stereocenters. The highest BCUT2D eigenvalue weighted by Gasteiger charge is 2.19. The summed E-state index contributed by atoms with van der Waals surface area (Å²) >= 11 is 1.52. The van der Waals surface area contributed by atoms with Gasteiger partial charge in [-0.15, -0.1) is 11.8 Å². The molecule has 1 aromatic carbocycles. The van der Waals surface area contributed by atoms with Crippen LogP contribution in [0.1, 0.15) is 40.2 Å². The standard InChI is InChI=1S/C19H23N3O3S/c1-13-17(14(2)25-21-13)11-26-12-18(23)20-16-7-5-15(6-8-16)19(24)22-9-3-4-10-22/h5-8H,3-4,9-12H2,1-2H3,(H,20,23). The SMILES string of the molecule is Cc1noc(C)c1CSCC(=O)Nc1ccc(C(=O)N2CCCC2)cc1. The molecule has 1 aliphatic heterocycles. The molecule has 1 N–H and O–H groups in total. The van der Waals surface area contributed by atoms with E-state index in [1.54, 1.807) is 24.3 Å². The average Bonchev–Trinajstić information content (AvgIpc) is 3.27. The zero-order valence-corrected chi connectivity index (χ0v) is 15.9. The third-order valence-electron chi connectivity index (χ3n) is 4.47. The van der Waals surface area contributed by atoms with Crippen molar-refractivity contribution in [2.24, 2.45) is 0 Å². The number of carbonyl (C=O) groups excluding carboxylic acids is 2. The first kappa shape index (κ1) is 18.5. The second-order valence-electron chi connectivity index (χ2n) is 6.42. The maximum absolute atomic E-state index is 12.3. The Bertz CT molecular complexity index is 760. The van der Waals surface area contributed by atoms with Gasteiger partial charge in [-0.25, -0.2) is 0 Å². The lowest BCUT2D eigenvalue weighted by atomic mass is 10.2. The molecule has 7 heteroatoms. The number of benzene rings is 1. The van der Waals surface area contributed by atoms with E-state index in [4.69, 9.17) is 4.52 Å². The highest BCUT2D eigenvalue weighted by Crippen LogP contribution is 2.20. The third kappa shape index (κ3) is 4.46. The van der Waals surface area contributed by atoms with Gasteiger partial charge in [-0.05, 0) is 51.0 Å². The lowest BCUT2D eigenvalue weighted by Gasteiger charge is -2.15. The summed E-state index contributed by atoms with van der Waals surface area (Å²) in [6.45, 7) is 5.44. The molecule has 2 amide bonds. The summed E-state index contributed by atoms with van der Waals surface area (Å²) in [4.78, 5) is 26.3. The maximum atomic E-state index is 12.3. The number of aryl methyl sites for hydroxylation is 2. The number of aromatic nitrogens is 1. The Labute approximate surface area is 157 Å². The Morgan fingerprint density at radius 1 is 1.19 bits per heavy atom. The van der Waals surface area contributed by atoms with Crippen LogP contribution in [0, 0.1) is 13.8 Å². The van der Waals surface area contributed by atoms with E-state index >= 15 is 0 Å². The molecule has 0 radical (unpaired) electrons. The first-order chi connectivity index (χ1) is 12.5. The first-order valence-electron chi connectivity index (χ1n) is 8.73. The minimum atomic E-state index is -0.0691. The van der Waals surface area contributed by atoms with E-state index in [2.05, 4.69) is 10.5 Å². The summed E-state index contributed by atoms with van der Waals surface area (Å²) in [5.74, 6) is 1.83. The molecular formula is C19H23N3O3S. The number of rotatable bonds is 6. The number of nitrogens with one attached hydrogen (secondary N) is 1. The summed E-state index contributed by atoms with van der Waals surface area (Å²) in [5.41, 5.74) is 3.28. The Morgan fingerprint density at radius 2 is 1.88 bits per heavy atom. The summed E-state index contributed by atoms with van der Waals surface area (Å²) in [6, 6.07) is 7.10. The van der Waals surface area contributed by atoms with Gasteiger partial charge in [0.1, 0.15) is 5.76 Å².